The molecule has 2 rings (SSSR count). The Morgan fingerprint density at radius 3 is 3.00 bits per heavy atom. The molecule has 0 amide bonds. The maximum Gasteiger partial charge on any atom is 0.271 e. The van der Waals surface area contributed by atoms with Crippen LogP contribution in [0.4, 0.5) is 0 Å². The third-order valence-corrected chi connectivity index (χ3v) is 3.81. The number of nitrogens with zero attached hydrogens (tertiary/aromatic N) is 2. The fraction of sp³-hybridized carbons (Fsp3) is 0.429. The number of hydrogen-bond donors (Lipinski definition) is 1. The quantitative estimate of drug-likeness (QED) is 0.790. The summed E-state index contributed by atoms with van der Waals surface area (Å²) in [5, 5.41) is 9.61. The molecule has 0 atom stereocenters. The van der Waals surface area contributed by atoms with Crippen molar-refractivity contribution in [2.24, 2.45) is 0 Å². The smallest absolute Gasteiger partial charge is 0.271 e. The van der Waals surface area contributed by atoms with Crippen LogP contribution in [0.2, 0.25) is 0 Å². The van der Waals surface area contributed by atoms with Gasteiger partial charge in [-0.2, -0.15) is 5.10 Å². The summed E-state index contributed by atoms with van der Waals surface area (Å²) in [6.45, 7) is 4.38. The number of ether oxygens (including phenoxy) is 1. The normalized spacial score (nSPS) is 10.9. The molecule has 108 valence electrons. The van der Waals surface area contributed by atoms with Gasteiger partial charge in [-0.1, -0.05) is 6.07 Å². The first-order chi connectivity index (χ1) is 9.76. The van der Waals surface area contributed by atoms with Gasteiger partial charge in [0.25, 0.3) is 5.56 Å². The van der Waals surface area contributed by atoms with Gasteiger partial charge in [0.1, 0.15) is 5.69 Å². The topological polar surface area (TPSA) is 56.1 Å². The average Bonchev–Trinajstić information content (AvgIpc) is 2.99. The number of hydrogen-bond acceptors (Lipinski definition) is 5. The number of nitrogens with one attached hydrogen (secondary N) is 1. The standard InChI is InChI=1S/C14H19N3O2S/c1-3-17-14(18)11(10-15-6-7-19-2)9-12(16-17)13-5-4-8-20-13/h4-5,8-9,15H,3,6-7,10H2,1-2H3. The molecule has 0 fully saturated rings. The summed E-state index contributed by atoms with van der Waals surface area (Å²) in [5.74, 6) is 0. The van der Waals surface area contributed by atoms with Gasteiger partial charge in [0.15, 0.2) is 0 Å². The van der Waals surface area contributed by atoms with Gasteiger partial charge in [-0.15, -0.1) is 11.3 Å². The van der Waals surface area contributed by atoms with E-state index in [2.05, 4.69) is 10.4 Å². The predicted molar refractivity (Wildman–Crippen MR) is 81.1 cm³/mol. The third-order valence-electron chi connectivity index (χ3n) is 2.92. The largest absolute Gasteiger partial charge is 0.383 e. The first-order valence-electron chi connectivity index (χ1n) is 6.60. The van der Waals surface area contributed by atoms with Gasteiger partial charge in [0.2, 0.25) is 0 Å². The summed E-state index contributed by atoms with van der Waals surface area (Å²) >= 11 is 1.62. The van der Waals surface area contributed by atoms with E-state index in [0.717, 1.165) is 22.7 Å². The Morgan fingerprint density at radius 1 is 1.50 bits per heavy atom. The summed E-state index contributed by atoms with van der Waals surface area (Å²) in [6.07, 6.45) is 0. The van der Waals surface area contributed by atoms with Crippen molar-refractivity contribution in [3.63, 3.8) is 0 Å². The van der Waals surface area contributed by atoms with Crippen LogP contribution >= 0.6 is 11.3 Å². The van der Waals surface area contributed by atoms with Crippen molar-refractivity contribution in [2.45, 2.75) is 20.0 Å². The zero-order valence-corrected chi connectivity index (χ0v) is 12.6. The van der Waals surface area contributed by atoms with Crippen LogP contribution in [0.3, 0.4) is 0 Å². The highest BCUT2D eigenvalue weighted by Crippen LogP contribution is 2.22. The molecule has 2 aromatic rings. The van der Waals surface area contributed by atoms with Gasteiger partial charge in [0, 0.05) is 32.3 Å². The van der Waals surface area contributed by atoms with Crippen LogP contribution in [0.1, 0.15) is 12.5 Å². The maximum atomic E-state index is 12.2. The van der Waals surface area contributed by atoms with Gasteiger partial charge < -0.3 is 10.1 Å². The van der Waals surface area contributed by atoms with Gasteiger partial charge in [-0.3, -0.25) is 4.79 Å². The molecule has 0 aromatic carbocycles. The molecule has 1 N–H and O–H groups in total. The lowest BCUT2D eigenvalue weighted by Gasteiger charge is -2.09. The summed E-state index contributed by atoms with van der Waals surface area (Å²) in [7, 11) is 1.66. The molecule has 5 nitrogen and oxygen atoms in total. The van der Waals surface area contributed by atoms with Crippen LogP contribution < -0.4 is 10.9 Å². The second kappa shape index (κ2) is 7.33. The third kappa shape index (κ3) is 3.53. The molecule has 0 unspecified atom stereocenters. The van der Waals surface area contributed by atoms with Gasteiger partial charge in [0.05, 0.1) is 11.5 Å². The second-order valence-electron chi connectivity index (χ2n) is 4.32. The molecule has 6 heteroatoms. The summed E-state index contributed by atoms with van der Waals surface area (Å²) < 4.78 is 6.50. The summed E-state index contributed by atoms with van der Waals surface area (Å²) in [5.41, 5.74) is 1.56. The van der Waals surface area contributed by atoms with E-state index in [9.17, 15) is 4.79 Å². The van der Waals surface area contributed by atoms with Crippen LogP contribution in [0.15, 0.2) is 28.4 Å². The number of aromatic nitrogens is 2. The second-order valence-corrected chi connectivity index (χ2v) is 5.27. The molecule has 2 heterocycles. The van der Waals surface area contributed by atoms with E-state index in [1.165, 1.54) is 4.68 Å². The van der Waals surface area contributed by atoms with E-state index < -0.39 is 0 Å². The van der Waals surface area contributed by atoms with Crippen LogP contribution in [0, 0.1) is 0 Å². The van der Waals surface area contributed by atoms with E-state index in [4.69, 9.17) is 4.74 Å². The van der Waals surface area contributed by atoms with Crippen LogP contribution in [0.25, 0.3) is 10.6 Å². The van der Waals surface area contributed by atoms with Gasteiger partial charge >= 0.3 is 0 Å². The van der Waals surface area contributed by atoms with E-state index in [1.807, 2.05) is 30.5 Å². The van der Waals surface area contributed by atoms with Gasteiger partial charge in [-0.05, 0) is 24.4 Å². The number of aryl methyl sites for hydroxylation is 1. The molecule has 0 aliphatic rings. The van der Waals surface area contributed by atoms with E-state index in [0.29, 0.717) is 19.7 Å². The lowest BCUT2D eigenvalue weighted by Crippen LogP contribution is -2.30. The molecule has 20 heavy (non-hydrogen) atoms. The number of methoxy groups -OCH3 is 1. The van der Waals surface area contributed by atoms with Crippen molar-refractivity contribution in [3.05, 3.63) is 39.5 Å². The van der Waals surface area contributed by atoms with Crippen molar-refractivity contribution in [1.29, 1.82) is 0 Å². The monoisotopic (exact) mass is 293 g/mol. The molecular formula is C14H19N3O2S. The molecular weight excluding hydrogens is 274 g/mol. The molecule has 0 saturated heterocycles. The SMILES string of the molecule is CCn1nc(-c2cccs2)cc(CNCCOC)c1=O. The van der Waals surface area contributed by atoms with Crippen molar-refractivity contribution < 1.29 is 4.74 Å². The van der Waals surface area contributed by atoms with Crippen molar-refractivity contribution in [2.75, 3.05) is 20.3 Å². The Labute approximate surface area is 122 Å². The zero-order chi connectivity index (χ0) is 14.4. The minimum absolute atomic E-state index is 0.0299. The lowest BCUT2D eigenvalue weighted by molar-refractivity contribution is 0.199. The van der Waals surface area contributed by atoms with E-state index in [1.54, 1.807) is 18.4 Å². The number of rotatable bonds is 7. The van der Waals surface area contributed by atoms with Crippen molar-refractivity contribution >= 4 is 11.3 Å². The Hall–Kier alpha value is -1.50. The van der Waals surface area contributed by atoms with Gasteiger partial charge in [-0.25, -0.2) is 4.68 Å². The molecule has 0 bridgehead atoms. The maximum absolute atomic E-state index is 12.2. The van der Waals surface area contributed by atoms with Crippen molar-refractivity contribution in [1.82, 2.24) is 15.1 Å². The molecule has 0 spiro atoms. The predicted octanol–water partition coefficient (Wildman–Crippen LogP) is 1.73. The zero-order valence-electron chi connectivity index (χ0n) is 11.8. The van der Waals surface area contributed by atoms with Crippen LogP contribution in [-0.4, -0.2) is 30.0 Å². The highest BCUT2D eigenvalue weighted by Gasteiger charge is 2.09. The van der Waals surface area contributed by atoms with Crippen LogP contribution in [-0.2, 0) is 17.8 Å². The van der Waals surface area contributed by atoms with Crippen molar-refractivity contribution in [3.8, 4) is 10.6 Å². The molecule has 2 aromatic heterocycles. The van der Waals surface area contributed by atoms with E-state index >= 15 is 0 Å². The molecule has 0 aliphatic heterocycles. The molecule has 0 aliphatic carbocycles. The lowest BCUT2D eigenvalue weighted by atomic mass is 10.2. The fourth-order valence-electron chi connectivity index (χ4n) is 1.88. The molecule has 0 saturated carbocycles. The van der Waals surface area contributed by atoms with Crippen LogP contribution in [0.5, 0.6) is 0 Å². The first-order valence-corrected chi connectivity index (χ1v) is 7.48. The highest BCUT2D eigenvalue weighted by molar-refractivity contribution is 7.13. The Bertz CT molecular complexity index is 593. The Kier molecular flexibility index (Phi) is 5.46. The average molecular weight is 293 g/mol. The fourth-order valence-corrected chi connectivity index (χ4v) is 2.56. The Balaban J connectivity index is 2.25. The number of thiophene rings is 1. The highest BCUT2D eigenvalue weighted by atomic mass is 32.1. The summed E-state index contributed by atoms with van der Waals surface area (Å²) in [4.78, 5) is 13.3. The minimum atomic E-state index is -0.0299. The minimum Gasteiger partial charge on any atom is -0.383 e. The summed E-state index contributed by atoms with van der Waals surface area (Å²) in [6, 6.07) is 5.87. The molecule has 0 radical (unpaired) electrons. The van der Waals surface area contributed by atoms with E-state index in [-0.39, 0.29) is 5.56 Å². The Morgan fingerprint density at radius 2 is 2.35 bits per heavy atom. The first kappa shape index (κ1) is 14.9.